The molecule has 94 valence electrons. The van der Waals surface area contributed by atoms with E-state index < -0.39 is 24.3 Å². The second-order valence-corrected chi connectivity index (χ2v) is 3.92. The number of carbonyl (C=O) groups excluding carboxylic acids is 1. The summed E-state index contributed by atoms with van der Waals surface area (Å²) in [5.74, 6) is 0.196. The molecule has 1 aromatic heterocycles. The number of aliphatic hydroxyl groups is 2. The van der Waals surface area contributed by atoms with Crippen LogP contribution in [0.3, 0.4) is 0 Å². The third-order valence-corrected chi connectivity index (χ3v) is 2.77. The summed E-state index contributed by atoms with van der Waals surface area (Å²) in [5, 5.41) is 19.0. The number of aryl methyl sites for hydroxylation is 1. The van der Waals surface area contributed by atoms with Crippen LogP contribution in [0.2, 0.25) is 0 Å². The van der Waals surface area contributed by atoms with Crippen LogP contribution >= 0.6 is 0 Å². The Labute approximate surface area is 97.8 Å². The van der Waals surface area contributed by atoms with Crippen molar-refractivity contribution in [2.75, 3.05) is 13.7 Å². The zero-order chi connectivity index (χ0) is 12.6. The molecule has 1 aliphatic rings. The van der Waals surface area contributed by atoms with Gasteiger partial charge >= 0.3 is 5.97 Å². The lowest BCUT2D eigenvalue weighted by Gasteiger charge is -2.11. The molecule has 0 spiro atoms. The van der Waals surface area contributed by atoms with Crippen LogP contribution < -0.4 is 0 Å². The van der Waals surface area contributed by atoms with Crippen molar-refractivity contribution < 1.29 is 28.9 Å². The highest BCUT2D eigenvalue weighted by atomic mass is 16.5. The fourth-order valence-corrected chi connectivity index (χ4v) is 1.81. The first-order valence-electron chi connectivity index (χ1n) is 5.21. The highest BCUT2D eigenvalue weighted by molar-refractivity contribution is 5.90. The molecule has 0 unspecified atom stereocenters. The summed E-state index contributed by atoms with van der Waals surface area (Å²) in [6, 6.07) is 1.47. The number of hydrogen-bond donors (Lipinski definition) is 2. The fourth-order valence-electron chi connectivity index (χ4n) is 1.81. The van der Waals surface area contributed by atoms with Crippen molar-refractivity contribution in [3.63, 3.8) is 0 Å². The van der Waals surface area contributed by atoms with Crippen LogP contribution in [0.15, 0.2) is 10.5 Å². The minimum absolute atomic E-state index is 0.0408. The predicted octanol–water partition coefficient (Wildman–Crippen LogP) is 0.168. The van der Waals surface area contributed by atoms with E-state index in [-0.39, 0.29) is 6.61 Å². The molecule has 0 aromatic carbocycles. The van der Waals surface area contributed by atoms with E-state index in [4.69, 9.17) is 9.15 Å². The molecule has 17 heavy (non-hydrogen) atoms. The monoisotopic (exact) mass is 242 g/mol. The van der Waals surface area contributed by atoms with Gasteiger partial charge in [-0.2, -0.15) is 0 Å². The van der Waals surface area contributed by atoms with Gasteiger partial charge < -0.3 is 24.1 Å². The molecule has 1 aliphatic heterocycles. The van der Waals surface area contributed by atoms with E-state index in [1.165, 1.54) is 13.2 Å². The number of aliphatic hydroxyl groups excluding tert-OH is 2. The maximum Gasteiger partial charge on any atom is 0.341 e. The highest BCUT2D eigenvalue weighted by Gasteiger charge is 2.38. The van der Waals surface area contributed by atoms with Crippen LogP contribution in [0.4, 0.5) is 0 Å². The van der Waals surface area contributed by atoms with Crippen molar-refractivity contribution >= 4 is 5.97 Å². The Bertz CT molecular complexity index is 424. The summed E-state index contributed by atoms with van der Waals surface area (Å²) in [7, 11) is 1.28. The predicted molar refractivity (Wildman–Crippen MR) is 55.5 cm³/mol. The van der Waals surface area contributed by atoms with Gasteiger partial charge in [-0.15, -0.1) is 0 Å². The van der Waals surface area contributed by atoms with Crippen LogP contribution in [-0.4, -0.2) is 42.1 Å². The number of carbonyl (C=O) groups is 1. The van der Waals surface area contributed by atoms with Gasteiger partial charge in [0, 0.05) is 0 Å². The van der Waals surface area contributed by atoms with Crippen molar-refractivity contribution in [2.24, 2.45) is 0 Å². The lowest BCUT2D eigenvalue weighted by Crippen LogP contribution is -2.24. The summed E-state index contributed by atoms with van der Waals surface area (Å²) >= 11 is 0. The Kier molecular flexibility index (Phi) is 3.19. The summed E-state index contributed by atoms with van der Waals surface area (Å²) in [6.45, 7) is 1.66. The van der Waals surface area contributed by atoms with Gasteiger partial charge in [0.25, 0.3) is 0 Å². The molecule has 3 atom stereocenters. The van der Waals surface area contributed by atoms with Gasteiger partial charge in [0.05, 0.1) is 13.7 Å². The number of furan rings is 1. The minimum atomic E-state index is -1.05. The highest BCUT2D eigenvalue weighted by Crippen LogP contribution is 2.32. The molecule has 0 aliphatic carbocycles. The van der Waals surface area contributed by atoms with Crippen LogP contribution in [-0.2, 0) is 9.47 Å². The maximum atomic E-state index is 11.4. The van der Waals surface area contributed by atoms with Gasteiger partial charge in [-0.1, -0.05) is 0 Å². The molecular weight excluding hydrogens is 228 g/mol. The number of esters is 1. The molecule has 6 heteroatoms. The van der Waals surface area contributed by atoms with E-state index in [0.717, 1.165) is 0 Å². The average Bonchev–Trinajstić information content (AvgIpc) is 2.83. The minimum Gasteiger partial charge on any atom is -0.465 e. The number of hydrogen-bond acceptors (Lipinski definition) is 6. The molecule has 1 aromatic rings. The first-order chi connectivity index (χ1) is 8.04. The standard InChI is InChI=1S/C11H14O6/c1-5-6(11(14)15-2)3-8(17-5)10-9(13)7(12)4-16-10/h3,7,9-10,12-13H,4H2,1-2H3/t7-,9-,10+/m1/s1. The quantitative estimate of drug-likeness (QED) is 0.718. The van der Waals surface area contributed by atoms with Gasteiger partial charge in [-0.05, 0) is 13.0 Å². The van der Waals surface area contributed by atoms with Crippen molar-refractivity contribution in [3.8, 4) is 0 Å². The average molecular weight is 242 g/mol. The Morgan fingerprint density at radius 1 is 1.53 bits per heavy atom. The third kappa shape index (κ3) is 2.06. The van der Waals surface area contributed by atoms with Crippen LogP contribution in [0, 0.1) is 6.92 Å². The summed E-state index contributed by atoms with van der Waals surface area (Å²) in [4.78, 5) is 11.4. The van der Waals surface area contributed by atoms with Gasteiger partial charge in [0.15, 0.2) is 0 Å². The second kappa shape index (κ2) is 4.48. The molecule has 1 saturated heterocycles. The lowest BCUT2D eigenvalue weighted by molar-refractivity contribution is 0.0117. The van der Waals surface area contributed by atoms with E-state index in [2.05, 4.69) is 4.74 Å². The molecule has 2 heterocycles. The molecule has 6 nitrogen and oxygen atoms in total. The molecule has 0 amide bonds. The maximum absolute atomic E-state index is 11.4. The zero-order valence-electron chi connectivity index (χ0n) is 9.54. The van der Waals surface area contributed by atoms with Crippen molar-refractivity contribution in [1.82, 2.24) is 0 Å². The molecule has 0 radical (unpaired) electrons. The normalized spacial score (nSPS) is 28.4. The second-order valence-electron chi connectivity index (χ2n) is 3.92. The van der Waals surface area contributed by atoms with Crippen LogP contribution in [0.25, 0.3) is 0 Å². The van der Waals surface area contributed by atoms with E-state index in [1.54, 1.807) is 6.92 Å². The molecule has 1 fully saturated rings. The van der Waals surface area contributed by atoms with E-state index in [1.807, 2.05) is 0 Å². The van der Waals surface area contributed by atoms with Crippen LogP contribution in [0.1, 0.15) is 28.0 Å². The number of methoxy groups -OCH3 is 1. The number of ether oxygens (including phenoxy) is 2. The van der Waals surface area contributed by atoms with E-state index in [0.29, 0.717) is 17.1 Å². The lowest BCUT2D eigenvalue weighted by atomic mass is 10.1. The first-order valence-corrected chi connectivity index (χ1v) is 5.21. The van der Waals surface area contributed by atoms with E-state index >= 15 is 0 Å². The Morgan fingerprint density at radius 3 is 2.76 bits per heavy atom. The van der Waals surface area contributed by atoms with Gasteiger partial charge in [0.1, 0.15) is 35.4 Å². The smallest absolute Gasteiger partial charge is 0.341 e. The van der Waals surface area contributed by atoms with Crippen molar-refractivity contribution in [3.05, 3.63) is 23.2 Å². The Hall–Kier alpha value is -1.37. The number of rotatable bonds is 2. The molecular formula is C11H14O6. The molecule has 0 saturated carbocycles. The molecule has 2 N–H and O–H groups in total. The summed E-state index contributed by atoms with van der Waals surface area (Å²) < 4.78 is 15.1. The first kappa shape index (κ1) is 12.1. The Morgan fingerprint density at radius 2 is 2.24 bits per heavy atom. The third-order valence-electron chi connectivity index (χ3n) is 2.77. The van der Waals surface area contributed by atoms with Gasteiger partial charge in [-0.3, -0.25) is 0 Å². The zero-order valence-corrected chi connectivity index (χ0v) is 9.54. The fraction of sp³-hybridized carbons (Fsp3) is 0.545. The summed E-state index contributed by atoms with van der Waals surface area (Å²) in [6.07, 6.45) is -2.74. The van der Waals surface area contributed by atoms with Crippen molar-refractivity contribution in [2.45, 2.75) is 25.2 Å². The van der Waals surface area contributed by atoms with E-state index in [9.17, 15) is 15.0 Å². The molecule has 2 rings (SSSR count). The molecule has 0 bridgehead atoms. The largest absolute Gasteiger partial charge is 0.465 e. The Balaban J connectivity index is 2.26. The van der Waals surface area contributed by atoms with Gasteiger partial charge in [0.2, 0.25) is 0 Å². The van der Waals surface area contributed by atoms with Crippen molar-refractivity contribution in [1.29, 1.82) is 0 Å². The topological polar surface area (TPSA) is 89.1 Å². The SMILES string of the molecule is COC(=O)c1cc([C@@H]2OC[C@@H](O)[C@H]2O)oc1C. The van der Waals surface area contributed by atoms with Crippen LogP contribution in [0.5, 0.6) is 0 Å². The van der Waals surface area contributed by atoms with Gasteiger partial charge in [-0.25, -0.2) is 4.79 Å². The summed E-state index contributed by atoms with van der Waals surface area (Å²) in [5.41, 5.74) is 0.291.